The molecule has 5 heteroatoms. The molecule has 0 radical (unpaired) electrons. The molecule has 30 heavy (non-hydrogen) atoms. The monoisotopic (exact) mass is 399 g/mol. The maximum absolute atomic E-state index is 5.11. The van der Waals surface area contributed by atoms with Crippen molar-refractivity contribution in [2.45, 2.75) is 45.2 Å². The Kier molecular flexibility index (Phi) is 5.45. The number of rotatable bonds is 4. The molecule has 1 aromatic carbocycles. The molecule has 2 aliphatic rings. The van der Waals surface area contributed by atoms with Crippen LogP contribution in [0.3, 0.4) is 0 Å². The van der Waals surface area contributed by atoms with E-state index < -0.39 is 0 Å². The van der Waals surface area contributed by atoms with Gasteiger partial charge in [0.25, 0.3) is 0 Å². The Morgan fingerprint density at radius 1 is 0.933 bits per heavy atom. The van der Waals surface area contributed by atoms with E-state index in [1.165, 1.54) is 29.1 Å². The third-order valence-electron chi connectivity index (χ3n) is 6.30. The van der Waals surface area contributed by atoms with Crippen LogP contribution < -0.4 is 4.90 Å². The maximum Gasteiger partial charge on any atom is 0.161 e. The molecule has 0 spiro atoms. The predicted molar refractivity (Wildman–Crippen MR) is 120 cm³/mol. The Bertz CT molecular complexity index is 989. The third-order valence-corrected chi connectivity index (χ3v) is 6.30. The van der Waals surface area contributed by atoms with Gasteiger partial charge in [0.2, 0.25) is 0 Å². The summed E-state index contributed by atoms with van der Waals surface area (Å²) < 4.78 is 0. The lowest BCUT2D eigenvalue weighted by Gasteiger charge is -2.31. The quantitative estimate of drug-likeness (QED) is 0.660. The van der Waals surface area contributed by atoms with E-state index in [1.807, 2.05) is 24.5 Å². The summed E-state index contributed by atoms with van der Waals surface area (Å²) in [4.78, 5) is 19.3. The van der Waals surface area contributed by atoms with Gasteiger partial charge in [-0.2, -0.15) is 0 Å². The number of hydrogen-bond donors (Lipinski definition) is 0. The number of anilines is 1. The van der Waals surface area contributed by atoms with E-state index >= 15 is 0 Å². The average molecular weight is 400 g/mol. The predicted octanol–water partition coefficient (Wildman–Crippen LogP) is 4.13. The van der Waals surface area contributed by atoms with Crippen LogP contribution in [0.25, 0.3) is 11.4 Å². The fourth-order valence-corrected chi connectivity index (χ4v) is 4.83. The van der Waals surface area contributed by atoms with Crippen LogP contribution >= 0.6 is 0 Å². The van der Waals surface area contributed by atoms with E-state index in [4.69, 9.17) is 9.97 Å². The van der Waals surface area contributed by atoms with Gasteiger partial charge >= 0.3 is 0 Å². The molecule has 1 aliphatic heterocycles. The highest BCUT2D eigenvalue weighted by molar-refractivity contribution is 5.61. The first kappa shape index (κ1) is 19.2. The van der Waals surface area contributed by atoms with Gasteiger partial charge in [-0.05, 0) is 50.3 Å². The van der Waals surface area contributed by atoms with Crippen molar-refractivity contribution >= 4 is 5.82 Å². The smallest absolute Gasteiger partial charge is 0.161 e. The number of fused-ring (bicyclic) bond motifs is 1. The van der Waals surface area contributed by atoms with Crippen molar-refractivity contribution in [2.24, 2.45) is 0 Å². The zero-order valence-electron chi connectivity index (χ0n) is 17.7. The second-order valence-corrected chi connectivity index (χ2v) is 8.50. The van der Waals surface area contributed by atoms with Crippen molar-refractivity contribution in [1.82, 2.24) is 19.9 Å². The first-order chi connectivity index (χ1) is 14.8. The first-order valence-corrected chi connectivity index (χ1v) is 11.1. The Hall–Kier alpha value is -2.79. The summed E-state index contributed by atoms with van der Waals surface area (Å²) >= 11 is 0. The molecule has 3 aromatic rings. The van der Waals surface area contributed by atoms with Crippen LogP contribution in [0.15, 0.2) is 54.9 Å². The van der Waals surface area contributed by atoms with E-state index in [0.717, 1.165) is 56.8 Å². The fraction of sp³-hybridized carbons (Fsp3) is 0.400. The maximum atomic E-state index is 5.11. The van der Waals surface area contributed by atoms with Crippen molar-refractivity contribution in [1.29, 1.82) is 0 Å². The third kappa shape index (κ3) is 3.94. The van der Waals surface area contributed by atoms with E-state index in [2.05, 4.69) is 52.0 Å². The Balaban J connectivity index is 1.43. The number of aryl methyl sites for hydroxylation is 1. The second kappa shape index (κ2) is 8.52. The van der Waals surface area contributed by atoms with Crippen LogP contribution in [-0.2, 0) is 19.4 Å². The molecule has 1 fully saturated rings. The number of benzene rings is 1. The van der Waals surface area contributed by atoms with Gasteiger partial charge < -0.3 is 4.90 Å². The van der Waals surface area contributed by atoms with Crippen molar-refractivity contribution in [2.75, 3.05) is 24.5 Å². The van der Waals surface area contributed by atoms with Gasteiger partial charge in [0.15, 0.2) is 5.82 Å². The van der Waals surface area contributed by atoms with Gasteiger partial charge in [-0.15, -0.1) is 0 Å². The van der Waals surface area contributed by atoms with Crippen LogP contribution in [0.2, 0.25) is 0 Å². The second-order valence-electron chi connectivity index (χ2n) is 8.50. The number of nitrogens with zero attached hydrogens (tertiary/aromatic N) is 5. The molecule has 0 saturated carbocycles. The summed E-state index contributed by atoms with van der Waals surface area (Å²) in [5, 5.41) is 0. The molecule has 1 atom stereocenters. The van der Waals surface area contributed by atoms with Gasteiger partial charge in [0.05, 0.1) is 0 Å². The van der Waals surface area contributed by atoms with Gasteiger partial charge in [0, 0.05) is 61.4 Å². The van der Waals surface area contributed by atoms with E-state index in [-0.39, 0.29) is 0 Å². The van der Waals surface area contributed by atoms with E-state index in [9.17, 15) is 0 Å². The highest BCUT2D eigenvalue weighted by Crippen LogP contribution is 2.33. The average Bonchev–Trinajstić information content (AvgIpc) is 3.18. The fourth-order valence-electron chi connectivity index (χ4n) is 4.83. The standard InChI is InChI=1S/C25H29N5/c1-19-17-29(18-20-7-3-2-4-8-20)15-6-16-30(19)25-22-9-5-10-23(22)27-24(28-25)21-11-13-26-14-12-21/h2-4,7-8,11-14,19H,5-6,9-10,15-18H2,1H3. The molecule has 0 amide bonds. The molecular weight excluding hydrogens is 370 g/mol. The molecule has 1 unspecified atom stereocenters. The number of aromatic nitrogens is 3. The van der Waals surface area contributed by atoms with Crippen molar-refractivity contribution in [3.63, 3.8) is 0 Å². The normalized spacial score (nSPS) is 19.5. The Labute approximate surface area is 178 Å². The first-order valence-electron chi connectivity index (χ1n) is 11.1. The highest BCUT2D eigenvalue weighted by atomic mass is 15.3. The summed E-state index contributed by atoms with van der Waals surface area (Å²) in [7, 11) is 0. The molecule has 154 valence electrons. The highest BCUT2D eigenvalue weighted by Gasteiger charge is 2.28. The molecule has 1 aliphatic carbocycles. The molecule has 2 aromatic heterocycles. The SMILES string of the molecule is CC1CN(Cc2ccccc2)CCCN1c1nc(-c2ccncc2)nc2c1CCC2. The van der Waals surface area contributed by atoms with Crippen molar-refractivity contribution < 1.29 is 0 Å². The van der Waals surface area contributed by atoms with Crippen LogP contribution in [-0.4, -0.2) is 45.5 Å². The summed E-state index contributed by atoms with van der Waals surface area (Å²) in [5.41, 5.74) is 5.05. The molecule has 3 heterocycles. The summed E-state index contributed by atoms with van der Waals surface area (Å²) in [5.74, 6) is 2.00. The zero-order chi connectivity index (χ0) is 20.3. The Morgan fingerprint density at radius 3 is 2.60 bits per heavy atom. The molecule has 5 nitrogen and oxygen atoms in total. The van der Waals surface area contributed by atoms with Crippen LogP contribution in [0.1, 0.15) is 36.6 Å². The largest absolute Gasteiger partial charge is 0.352 e. The summed E-state index contributed by atoms with van der Waals surface area (Å²) in [6.45, 7) is 6.59. The lowest BCUT2D eigenvalue weighted by Crippen LogP contribution is -2.40. The topological polar surface area (TPSA) is 45.2 Å². The summed E-state index contributed by atoms with van der Waals surface area (Å²) in [6.07, 6.45) is 8.13. The van der Waals surface area contributed by atoms with Crippen LogP contribution in [0.4, 0.5) is 5.82 Å². The van der Waals surface area contributed by atoms with E-state index in [1.54, 1.807) is 0 Å². The van der Waals surface area contributed by atoms with Crippen molar-refractivity contribution in [3.05, 3.63) is 71.7 Å². The number of pyridine rings is 1. The number of hydrogen-bond acceptors (Lipinski definition) is 5. The van der Waals surface area contributed by atoms with Crippen LogP contribution in [0, 0.1) is 0 Å². The lowest BCUT2D eigenvalue weighted by molar-refractivity contribution is 0.268. The van der Waals surface area contributed by atoms with E-state index in [0.29, 0.717) is 6.04 Å². The summed E-state index contributed by atoms with van der Waals surface area (Å²) in [6, 6.07) is 15.2. The molecule has 5 rings (SSSR count). The molecule has 1 saturated heterocycles. The molecule has 0 N–H and O–H groups in total. The van der Waals surface area contributed by atoms with Gasteiger partial charge in [-0.3, -0.25) is 9.88 Å². The minimum atomic E-state index is 0.418. The molecular formula is C25H29N5. The zero-order valence-corrected chi connectivity index (χ0v) is 17.7. The molecule has 0 bridgehead atoms. The van der Waals surface area contributed by atoms with Gasteiger partial charge in [0.1, 0.15) is 5.82 Å². The lowest BCUT2D eigenvalue weighted by atomic mass is 10.1. The minimum absolute atomic E-state index is 0.418. The van der Waals surface area contributed by atoms with Crippen LogP contribution in [0.5, 0.6) is 0 Å². The minimum Gasteiger partial charge on any atom is -0.352 e. The van der Waals surface area contributed by atoms with Gasteiger partial charge in [-0.1, -0.05) is 30.3 Å². The van der Waals surface area contributed by atoms with Crippen molar-refractivity contribution in [3.8, 4) is 11.4 Å². The van der Waals surface area contributed by atoms with Gasteiger partial charge in [-0.25, -0.2) is 9.97 Å². The Morgan fingerprint density at radius 2 is 1.77 bits per heavy atom.